The molecule has 2 rings (SSSR count). The van der Waals surface area contributed by atoms with Crippen molar-refractivity contribution in [3.8, 4) is 11.3 Å². The fraction of sp³-hybridized carbons (Fsp3) is 0.143. The molecule has 2 aromatic rings. The molecule has 0 aliphatic carbocycles. The molecule has 0 spiro atoms. The van der Waals surface area contributed by atoms with Gasteiger partial charge < -0.3 is 10.5 Å². The molecule has 0 aliphatic rings. The van der Waals surface area contributed by atoms with Crippen molar-refractivity contribution in [2.45, 2.75) is 6.18 Å². The fourth-order valence-electron chi connectivity index (χ4n) is 1.79. The quantitative estimate of drug-likeness (QED) is 0.865. The van der Waals surface area contributed by atoms with Crippen LogP contribution in [0.4, 0.5) is 18.9 Å². The van der Waals surface area contributed by atoms with Gasteiger partial charge in [-0.1, -0.05) is 12.1 Å². The van der Waals surface area contributed by atoms with Crippen molar-refractivity contribution in [2.24, 2.45) is 0 Å². The van der Waals surface area contributed by atoms with Crippen LogP contribution in [0.2, 0.25) is 0 Å². The van der Waals surface area contributed by atoms with Crippen LogP contribution >= 0.6 is 0 Å². The second-order valence-corrected chi connectivity index (χ2v) is 4.23. The highest BCUT2D eigenvalue weighted by atomic mass is 19.4. The van der Waals surface area contributed by atoms with Gasteiger partial charge in [0.1, 0.15) is 0 Å². The van der Waals surface area contributed by atoms with Gasteiger partial charge in [-0.25, -0.2) is 4.79 Å². The number of hydrogen-bond donors (Lipinski definition) is 1. The minimum atomic E-state index is -4.42. The van der Waals surface area contributed by atoms with E-state index in [4.69, 9.17) is 5.73 Å². The molecule has 0 aliphatic heterocycles. The van der Waals surface area contributed by atoms with E-state index in [9.17, 15) is 18.0 Å². The number of nitrogens with two attached hydrogens (primary N) is 1. The molecule has 0 fully saturated rings. The Bertz CT molecular complexity index is 667. The van der Waals surface area contributed by atoms with Crippen molar-refractivity contribution in [1.82, 2.24) is 4.98 Å². The lowest BCUT2D eigenvalue weighted by atomic mass is 10.0. The zero-order valence-corrected chi connectivity index (χ0v) is 10.9. The Morgan fingerprint density at radius 2 is 1.86 bits per heavy atom. The van der Waals surface area contributed by atoms with Gasteiger partial charge in [0.25, 0.3) is 0 Å². The highest BCUT2D eigenvalue weighted by Crippen LogP contribution is 2.31. The molecule has 0 unspecified atom stereocenters. The van der Waals surface area contributed by atoms with Crippen molar-refractivity contribution < 1.29 is 22.7 Å². The SMILES string of the molecule is COC(=O)c1cc(N)cnc1-c1ccc(C(F)(F)F)cc1. The summed E-state index contributed by atoms with van der Waals surface area (Å²) in [4.78, 5) is 15.7. The van der Waals surface area contributed by atoms with Gasteiger partial charge in [0.05, 0.1) is 35.8 Å². The van der Waals surface area contributed by atoms with Crippen molar-refractivity contribution in [3.63, 3.8) is 0 Å². The maximum Gasteiger partial charge on any atom is 0.416 e. The minimum Gasteiger partial charge on any atom is -0.465 e. The molecule has 21 heavy (non-hydrogen) atoms. The van der Waals surface area contributed by atoms with Crippen molar-refractivity contribution in [1.29, 1.82) is 0 Å². The van der Waals surface area contributed by atoms with Crippen LogP contribution in [0.25, 0.3) is 11.3 Å². The van der Waals surface area contributed by atoms with Crippen LogP contribution < -0.4 is 5.73 Å². The highest BCUT2D eigenvalue weighted by molar-refractivity contribution is 5.96. The summed E-state index contributed by atoms with van der Waals surface area (Å²) in [6.45, 7) is 0. The topological polar surface area (TPSA) is 65.2 Å². The standard InChI is InChI=1S/C14H11F3N2O2/c1-21-13(20)11-6-10(18)7-19-12(11)8-2-4-9(5-3-8)14(15,16)17/h2-7H,18H2,1H3. The summed E-state index contributed by atoms with van der Waals surface area (Å²) >= 11 is 0. The zero-order chi connectivity index (χ0) is 15.6. The van der Waals surface area contributed by atoms with Crippen LogP contribution in [0, 0.1) is 0 Å². The summed E-state index contributed by atoms with van der Waals surface area (Å²) in [5, 5.41) is 0. The third-order valence-electron chi connectivity index (χ3n) is 2.80. The van der Waals surface area contributed by atoms with Gasteiger partial charge >= 0.3 is 12.1 Å². The maximum atomic E-state index is 12.5. The third-order valence-corrected chi connectivity index (χ3v) is 2.80. The van der Waals surface area contributed by atoms with E-state index in [1.54, 1.807) is 0 Å². The summed E-state index contributed by atoms with van der Waals surface area (Å²) < 4.78 is 42.2. The summed E-state index contributed by atoms with van der Waals surface area (Å²) in [7, 11) is 1.20. The Morgan fingerprint density at radius 3 is 2.38 bits per heavy atom. The largest absolute Gasteiger partial charge is 0.465 e. The Hall–Kier alpha value is -2.57. The first-order valence-corrected chi connectivity index (χ1v) is 5.84. The van der Waals surface area contributed by atoms with Crippen LogP contribution in [0.5, 0.6) is 0 Å². The molecule has 0 radical (unpaired) electrons. The number of aromatic nitrogens is 1. The Morgan fingerprint density at radius 1 is 1.24 bits per heavy atom. The lowest BCUT2D eigenvalue weighted by Crippen LogP contribution is -2.07. The predicted molar refractivity (Wildman–Crippen MR) is 70.4 cm³/mol. The van der Waals surface area contributed by atoms with Gasteiger partial charge in [-0.05, 0) is 18.2 Å². The number of methoxy groups -OCH3 is 1. The molecule has 7 heteroatoms. The normalized spacial score (nSPS) is 11.2. The molecule has 0 bridgehead atoms. The molecule has 0 atom stereocenters. The fourth-order valence-corrected chi connectivity index (χ4v) is 1.79. The number of rotatable bonds is 2. The molecule has 0 saturated heterocycles. The third kappa shape index (κ3) is 3.13. The van der Waals surface area contributed by atoms with Crippen LogP contribution in [0.1, 0.15) is 15.9 Å². The van der Waals surface area contributed by atoms with Gasteiger partial charge in [-0.2, -0.15) is 13.2 Å². The van der Waals surface area contributed by atoms with Gasteiger partial charge in [-0.3, -0.25) is 4.98 Å². The van der Waals surface area contributed by atoms with E-state index in [1.165, 1.54) is 31.5 Å². The minimum absolute atomic E-state index is 0.0947. The predicted octanol–water partition coefficient (Wildman–Crippen LogP) is 3.14. The van der Waals surface area contributed by atoms with Crippen LogP contribution in [0.3, 0.4) is 0 Å². The highest BCUT2D eigenvalue weighted by Gasteiger charge is 2.30. The number of carbonyl (C=O) groups excluding carboxylic acids is 1. The summed E-state index contributed by atoms with van der Waals surface area (Å²) in [6, 6.07) is 5.70. The number of benzene rings is 1. The van der Waals surface area contributed by atoms with Gasteiger partial charge in [0, 0.05) is 5.56 Å². The van der Waals surface area contributed by atoms with Gasteiger partial charge in [0.2, 0.25) is 0 Å². The van der Waals surface area contributed by atoms with Crippen LogP contribution in [-0.2, 0) is 10.9 Å². The molecule has 1 heterocycles. The van der Waals surface area contributed by atoms with E-state index in [-0.39, 0.29) is 16.9 Å². The number of hydrogen-bond acceptors (Lipinski definition) is 4. The van der Waals surface area contributed by atoms with E-state index in [0.717, 1.165) is 12.1 Å². The molecule has 1 aromatic carbocycles. The molecule has 0 saturated carbocycles. The monoisotopic (exact) mass is 296 g/mol. The van der Waals surface area contributed by atoms with E-state index < -0.39 is 17.7 Å². The molecular formula is C14H11F3N2O2. The number of halogens is 3. The average Bonchev–Trinajstić information content (AvgIpc) is 2.45. The molecule has 0 amide bonds. The lowest BCUT2D eigenvalue weighted by Gasteiger charge is -2.10. The van der Waals surface area contributed by atoms with Crippen molar-refractivity contribution in [3.05, 3.63) is 47.7 Å². The van der Waals surface area contributed by atoms with Gasteiger partial charge in [0.15, 0.2) is 0 Å². The first-order valence-electron chi connectivity index (χ1n) is 5.84. The van der Waals surface area contributed by atoms with Crippen molar-refractivity contribution >= 4 is 11.7 Å². The number of pyridine rings is 1. The molecular weight excluding hydrogens is 285 g/mol. The number of nitrogen functional groups attached to an aromatic ring is 1. The van der Waals surface area contributed by atoms with E-state index in [1.807, 2.05) is 0 Å². The van der Waals surface area contributed by atoms with Crippen LogP contribution in [0.15, 0.2) is 36.5 Å². The number of nitrogens with zero attached hydrogens (tertiary/aromatic N) is 1. The molecule has 2 N–H and O–H groups in total. The molecule has 4 nitrogen and oxygen atoms in total. The number of carbonyl (C=O) groups is 1. The lowest BCUT2D eigenvalue weighted by molar-refractivity contribution is -0.137. The number of anilines is 1. The summed E-state index contributed by atoms with van der Waals surface area (Å²) in [6.07, 6.45) is -3.10. The second-order valence-electron chi connectivity index (χ2n) is 4.23. The maximum absolute atomic E-state index is 12.5. The van der Waals surface area contributed by atoms with E-state index >= 15 is 0 Å². The number of ether oxygens (including phenoxy) is 1. The zero-order valence-electron chi connectivity index (χ0n) is 10.9. The smallest absolute Gasteiger partial charge is 0.416 e. The second kappa shape index (κ2) is 5.43. The number of esters is 1. The van der Waals surface area contributed by atoms with E-state index in [2.05, 4.69) is 9.72 Å². The number of alkyl halides is 3. The first kappa shape index (κ1) is 14.8. The summed E-state index contributed by atoms with van der Waals surface area (Å²) in [5.74, 6) is -0.662. The molecule has 110 valence electrons. The van der Waals surface area contributed by atoms with Gasteiger partial charge in [-0.15, -0.1) is 0 Å². The Balaban J connectivity index is 2.49. The Labute approximate surface area is 118 Å². The van der Waals surface area contributed by atoms with Crippen LogP contribution in [-0.4, -0.2) is 18.1 Å². The molecule has 1 aromatic heterocycles. The van der Waals surface area contributed by atoms with E-state index in [0.29, 0.717) is 5.56 Å². The Kier molecular flexibility index (Phi) is 3.84. The summed E-state index contributed by atoms with van der Waals surface area (Å²) in [5.41, 5.74) is 5.71. The average molecular weight is 296 g/mol. The first-order chi connectivity index (χ1) is 9.82. The van der Waals surface area contributed by atoms with Crippen molar-refractivity contribution in [2.75, 3.05) is 12.8 Å².